The number of anilines is 1. The van der Waals surface area contributed by atoms with E-state index in [2.05, 4.69) is 6.07 Å². The van der Waals surface area contributed by atoms with E-state index in [9.17, 15) is 9.59 Å². The van der Waals surface area contributed by atoms with Crippen LogP contribution in [0.4, 0.5) is 5.69 Å². The Kier molecular flexibility index (Phi) is 5.55. The van der Waals surface area contributed by atoms with Crippen LogP contribution in [0, 0.1) is 13.8 Å². The Labute approximate surface area is 114 Å². The second kappa shape index (κ2) is 6.92. The predicted molar refractivity (Wildman–Crippen MR) is 75.4 cm³/mol. The lowest BCUT2D eigenvalue weighted by molar-refractivity contribution is -0.145. The van der Waals surface area contributed by atoms with Crippen molar-refractivity contribution in [3.8, 4) is 0 Å². The number of likely N-dealkylation sites (N-methyl/N-ethyl adjacent to an activating group) is 1. The summed E-state index contributed by atoms with van der Waals surface area (Å²) in [7, 11) is 1.84. The third kappa shape index (κ3) is 5.12. The van der Waals surface area contributed by atoms with Crippen molar-refractivity contribution in [2.45, 2.75) is 27.2 Å². The van der Waals surface area contributed by atoms with Gasteiger partial charge in [-0.2, -0.15) is 0 Å². The van der Waals surface area contributed by atoms with Gasteiger partial charge in [0.15, 0.2) is 5.78 Å². The average molecular weight is 263 g/mol. The van der Waals surface area contributed by atoms with Gasteiger partial charge in [0.25, 0.3) is 0 Å². The molecule has 0 bridgehead atoms. The van der Waals surface area contributed by atoms with Gasteiger partial charge in [0, 0.05) is 12.7 Å². The smallest absolute Gasteiger partial charge is 0.313 e. The fourth-order valence-electron chi connectivity index (χ4n) is 1.96. The second-order valence-corrected chi connectivity index (χ2v) is 4.72. The Morgan fingerprint density at radius 3 is 2.26 bits per heavy atom. The molecule has 0 spiro atoms. The number of ketones is 1. The quantitative estimate of drug-likeness (QED) is 0.583. The molecule has 0 fully saturated rings. The molecule has 0 aliphatic rings. The molecule has 104 valence electrons. The molecule has 19 heavy (non-hydrogen) atoms. The van der Waals surface area contributed by atoms with E-state index in [0.717, 1.165) is 16.8 Å². The SMILES string of the molecule is CCOC(=O)CC(=O)CN(C)c1cc(C)cc(C)c1. The first-order valence-corrected chi connectivity index (χ1v) is 6.39. The molecule has 0 heterocycles. The van der Waals surface area contributed by atoms with Crippen LogP contribution < -0.4 is 4.90 Å². The maximum atomic E-state index is 11.7. The highest BCUT2D eigenvalue weighted by Gasteiger charge is 2.13. The molecule has 0 amide bonds. The standard InChI is InChI=1S/C15H21NO3/c1-5-19-15(18)9-14(17)10-16(4)13-7-11(2)6-12(3)8-13/h6-8H,5,9-10H2,1-4H3. The van der Waals surface area contributed by atoms with Crippen LogP contribution in [0.5, 0.6) is 0 Å². The highest BCUT2D eigenvalue weighted by Crippen LogP contribution is 2.17. The van der Waals surface area contributed by atoms with E-state index in [1.54, 1.807) is 6.92 Å². The second-order valence-electron chi connectivity index (χ2n) is 4.72. The third-order valence-electron chi connectivity index (χ3n) is 2.71. The zero-order valence-electron chi connectivity index (χ0n) is 12.0. The molecule has 4 heteroatoms. The van der Waals surface area contributed by atoms with Crippen molar-refractivity contribution in [2.75, 3.05) is 25.1 Å². The minimum Gasteiger partial charge on any atom is -0.466 e. The van der Waals surface area contributed by atoms with Crippen molar-refractivity contribution < 1.29 is 14.3 Å². The molecule has 0 aromatic heterocycles. The zero-order valence-corrected chi connectivity index (χ0v) is 12.0. The number of carbonyl (C=O) groups is 2. The Bertz CT molecular complexity index is 448. The van der Waals surface area contributed by atoms with Crippen molar-refractivity contribution >= 4 is 17.4 Å². The number of carbonyl (C=O) groups excluding carboxylic acids is 2. The summed E-state index contributed by atoms with van der Waals surface area (Å²) in [5, 5.41) is 0. The number of aryl methyl sites for hydroxylation is 2. The van der Waals surface area contributed by atoms with E-state index in [1.807, 2.05) is 37.9 Å². The van der Waals surface area contributed by atoms with Crippen LogP contribution in [-0.4, -0.2) is 32.0 Å². The highest BCUT2D eigenvalue weighted by atomic mass is 16.5. The fraction of sp³-hybridized carbons (Fsp3) is 0.467. The third-order valence-corrected chi connectivity index (χ3v) is 2.71. The van der Waals surface area contributed by atoms with Gasteiger partial charge in [-0.15, -0.1) is 0 Å². The molecule has 0 N–H and O–H groups in total. The van der Waals surface area contributed by atoms with Crippen LogP contribution in [0.2, 0.25) is 0 Å². The number of hydrogen-bond donors (Lipinski definition) is 0. The minimum atomic E-state index is -0.457. The van der Waals surface area contributed by atoms with Gasteiger partial charge >= 0.3 is 5.97 Å². The molecular formula is C15H21NO3. The van der Waals surface area contributed by atoms with Crippen molar-refractivity contribution in [1.82, 2.24) is 0 Å². The fourth-order valence-corrected chi connectivity index (χ4v) is 1.96. The molecule has 0 radical (unpaired) electrons. The summed E-state index contributed by atoms with van der Waals surface area (Å²) in [5.41, 5.74) is 3.29. The maximum Gasteiger partial charge on any atom is 0.313 e. The monoisotopic (exact) mass is 263 g/mol. The van der Waals surface area contributed by atoms with Crippen LogP contribution in [0.25, 0.3) is 0 Å². The summed E-state index contributed by atoms with van der Waals surface area (Å²) >= 11 is 0. The van der Waals surface area contributed by atoms with Gasteiger partial charge in [-0.25, -0.2) is 0 Å². The number of nitrogens with zero attached hydrogens (tertiary/aromatic N) is 1. The first-order chi connectivity index (χ1) is 8.92. The number of esters is 1. The molecule has 0 unspecified atom stereocenters. The van der Waals surface area contributed by atoms with Crippen molar-refractivity contribution in [3.05, 3.63) is 29.3 Å². The van der Waals surface area contributed by atoms with E-state index in [1.165, 1.54) is 0 Å². The van der Waals surface area contributed by atoms with Crippen LogP contribution >= 0.6 is 0 Å². The van der Waals surface area contributed by atoms with Crippen LogP contribution in [0.15, 0.2) is 18.2 Å². The van der Waals surface area contributed by atoms with Crippen molar-refractivity contribution in [3.63, 3.8) is 0 Å². The largest absolute Gasteiger partial charge is 0.466 e. The van der Waals surface area contributed by atoms with Crippen LogP contribution in [-0.2, 0) is 14.3 Å². The number of hydrogen-bond acceptors (Lipinski definition) is 4. The van der Waals surface area contributed by atoms with Gasteiger partial charge in [0.1, 0.15) is 6.42 Å². The first kappa shape index (κ1) is 15.2. The Morgan fingerprint density at radius 1 is 1.16 bits per heavy atom. The molecule has 0 saturated carbocycles. The van der Waals surface area contributed by atoms with E-state index in [-0.39, 0.29) is 18.7 Å². The molecule has 1 aromatic carbocycles. The van der Waals surface area contributed by atoms with Gasteiger partial charge in [-0.3, -0.25) is 9.59 Å². The van der Waals surface area contributed by atoms with E-state index >= 15 is 0 Å². The van der Waals surface area contributed by atoms with Crippen molar-refractivity contribution in [2.24, 2.45) is 0 Å². The molecule has 0 aliphatic heterocycles. The summed E-state index contributed by atoms with van der Waals surface area (Å²) in [6.07, 6.45) is -0.164. The number of ether oxygens (including phenoxy) is 1. The van der Waals surface area contributed by atoms with E-state index < -0.39 is 5.97 Å². The summed E-state index contributed by atoms with van der Waals surface area (Å²) in [6.45, 7) is 6.28. The molecule has 4 nitrogen and oxygen atoms in total. The zero-order chi connectivity index (χ0) is 14.4. The number of Topliss-reactive ketones (excluding diaryl/α,β-unsaturated/α-hetero) is 1. The Hall–Kier alpha value is -1.84. The number of benzene rings is 1. The van der Waals surface area contributed by atoms with Crippen LogP contribution in [0.3, 0.4) is 0 Å². The molecule has 1 rings (SSSR count). The highest BCUT2D eigenvalue weighted by molar-refractivity contribution is 5.97. The lowest BCUT2D eigenvalue weighted by Gasteiger charge is -2.19. The number of rotatable bonds is 6. The average Bonchev–Trinajstić information content (AvgIpc) is 2.27. The normalized spacial score (nSPS) is 10.1. The first-order valence-electron chi connectivity index (χ1n) is 6.39. The summed E-state index contributed by atoms with van der Waals surface area (Å²) in [4.78, 5) is 24.8. The Balaban J connectivity index is 2.61. The summed E-state index contributed by atoms with van der Waals surface area (Å²) < 4.78 is 4.76. The molecule has 0 aliphatic carbocycles. The molecule has 0 saturated heterocycles. The lowest BCUT2D eigenvalue weighted by atomic mass is 10.1. The van der Waals surface area contributed by atoms with Gasteiger partial charge in [0.2, 0.25) is 0 Å². The minimum absolute atomic E-state index is 0.139. The van der Waals surface area contributed by atoms with Crippen LogP contribution in [0.1, 0.15) is 24.5 Å². The lowest BCUT2D eigenvalue weighted by Crippen LogP contribution is -2.27. The summed E-state index contributed by atoms with van der Waals surface area (Å²) in [6, 6.07) is 6.12. The predicted octanol–water partition coefficient (Wildman–Crippen LogP) is 2.26. The van der Waals surface area contributed by atoms with Gasteiger partial charge < -0.3 is 9.64 Å². The van der Waals surface area contributed by atoms with E-state index in [4.69, 9.17) is 4.74 Å². The molecular weight excluding hydrogens is 242 g/mol. The topological polar surface area (TPSA) is 46.6 Å². The van der Waals surface area contributed by atoms with Gasteiger partial charge in [-0.1, -0.05) is 6.07 Å². The van der Waals surface area contributed by atoms with E-state index in [0.29, 0.717) is 6.61 Å². The van der Waals surface area contributed by atoms with Crippen molar-refractivity contribution in [1.29, 1.82) is 0 Å². The Morgan fingerprint density at radius 2 is 1.74 bits per heavy atom. The summed E-state index contributed by atoms with van der Waals surface area (Å²) in [5.74, 6) is -0.596. The molecule has 0 atom stereocenters. The van der Waals surface area contributed by atoms with Gasteiger partial charge in [0.05, 0.1) is 13.2 Å². The van der Waals surface area contributed by atoms with Gasteiger partial charge in [-0.05, 0) is 44.0 Å². The molecule has 1 aromatic rings. The maximum absolute atomic E-state index is 11.7.